The molecule has 1 fully saturated rings. The molecular weight excluding hydrogens is 146 g/mol. The third-order valence-electron chi connectivity index (χ3n) is 3.22. The average molecular weight is 169 g/mol. The molecule has 1 saturated heterocycles. The number of nitrogens with one attached hydrogen (secondary N) is 1. The highest BCUT2D eigenvalue weighted by molar-refractivity contribution is 4.84. The van der Waals surface area contributed by atoms with Gasteiger partial charge in [-0.1, -0.05) is 34.1 Å². The minimum atomic E-state index is 0.492. The number of hydrogen-bond donors (Lipinski definition) is 1. The van der Waals surface area contributed by atoms with Gasteiger partial charge < -0.3 is 5.32 Å². The van der Waals surface area contributed by atoms with Crippen LogP contribution in [0, 0.1) is 17.3 Å². The van der Waals surface area contributed by atoms with Crippen LogP contribution in [0.15, 0.2) is 0 Å². The fourth-order valence-electron chi connectivity index (χ4n) is 2.67. The van der Waals surface area contributed by atoms with Gasteiger partial charge in [0.25, 0.3) is 0 Å². The van der Waals surface area contributed by atoms with Crippen molar-refractivity contribution in [2.45, 2.75) is 40.5 Å². The second-order valence-corrected chi connectivity index (χ2v) is 5.13. The van der Waals surface area contributed by atoms with Crippen molar-refractivity contribution in [3.05, 3.63) is 0 Å². The monoisotopic (exact) mass is 169 g/mol. The third kappa shape index (κ3) is 2.22. The van der Waals surface area contributed by atoms with Gasteiger partial charge in [0.15, 0.2) is 0 Å². The predicted octanol–water partition coefficient (Wildman–Crippen LogP) is 2.67. The molecular formula is C11H23N. The lowest BCUT2D eigenvalue weighted by Gasteiger charge is -2.34. The molecule has 2 atom stereocenters. The van der Waals surface area contributed by atoms with Gasteiger partial charge in [0.05, 0.1) is 0 Å². The predicted molar refractivity (Wildman–Crippen MR) is 54.2 cm³/mol. The Morgan fingerprint density at radius 3 is 2.42 bits per heavy atom. The molecule has 0 saturated carbocycles. The SMILES string of the molecule is CC[C@@H](C1CCNC1)C(C)(C)C. The molecule has 1 aliphatic heterocycles. The lowest BCUT2D eigenvalue weighted by Crippen LogP contribution is -2.29. The van der Waals surface area contributed by atoms with Crippen LogP contribution in [0.3, 0.4) is 0 Å². The molecule has 0 amide bonds. The van der Waals surface area contributed by atoms with E-state index in [4.69, 9.17) is 0 Å². The molecule has 12 heavy (non-hydrogen) atoms. The first-order valence-electron chi connectivity index (χ1n) is 5.26. The zero-order valence-electron chi connectivity index (χ0n) is 8.98. The maximum atomic E-state index is 3.46. The fraction of sp³-hybridized carbons (Fsp3) is 1.00. The van der Waals surface area contributed by atoms with Crippen LogP contribution in [0.5, 0.6) is 0 Å². The Morgan fingerprint density at radius 2 is 2.08 bits per heavy atom. The molecule has 0 spiro atoms. The maximum absolute atomic E-state index is 3.46. The zero-order valence-corrected chi connectivity index (χ0v) is 8.98. The smallest absolute Gasteiger partial charge is 0.00172 e. The van der Waals surface area contributed by atoms with Crippen LogP contribution in [-0.4, -0.2) is 13.1 Å². The van der Waals surface area contributed by atoms with E-state index in [9.17, 15) is 0 Å². The van der Waals surface area contributed by atoms with E-state index >= 15 is 0 Å². The van der Waals surface area contributed by atoms with Crippen LogP contribution in [-0.2, 0) is 0 Å². The van der Waals surface area contributed by atoms with E-state index in [0.717, 1.165) is 11.8 Å². The number of rotatable bonds is 2. The van der Waals surface area contributed by atoms with E-state index in [-0.39, 0.29) is 0 Å². The normalized spacial score (nSPS) is 27.5. The highest BCUT2D eigenvalue weighted by atomic mass is 14.9. The summed E-state index contributed by atoms with van der Waals surface area (Å²) in [5.74, 6) is 1.82. The molecule has 0 radical (unpaired) electrons. The minimum Gasteiger partial charge on any atom is -0.316 e. The summed E-state index contributed by atoms with van der Waals surface area (Å²) in [6.45, 7) is 11.9. The highest BCUT2D eigenvalue weighted by Crippen LogP contribution is 2.37. The first-order valence-corrected chi connectivity index (χ1v) is 5.26. The molecule has 0 aromatic rings. The van der Waals surface area contributed by atoms with Crippen molar-refractivity contribution in [1.29, 1.82) is 0 Å². The van der Waals surface area contributed by atoms with Crippen molar-refractivity contribution in [1.82, 2.24) is 5.32 Å². The molecule has 1 aliphatic rings. The Labute approximate surface area is 76.9 Å². The van der Waals surface area contributed by atoms with Gasteiger partial charge in [-0.25, -0.2) is 0 Å². The van der Waals surface area contributed by atoms with Gasteiger partial charge >= 0.3 is 0 Å². The lowest BCUT2D eigenvalue weighted by molar-refractivity contribution is 0.162. The Bertz CT molecular complexity index is 128. The Kier molecular flexibility index (Phi) is 3.16. The van der Waals surface area contributed by atoms with Crippen LogP contribution >= 0.6 is 0 Å². The van der Waals surface area contributed by atoms with E-state index in [1.807, 2.05) is 0 Å². The quantitative estimate of drug-likeness (QED) is 0.670. The molecule has 1 heteroatoms. The van der Waals surface area contributed by atoms with Crippen LogP contribution in [0.2, 0.25) is 0 Å². The highest BCUT2D eigenvalue weighted by Gasteiger charge is 2.31. The summed E-state index contributed by atoms with van der Waals surface area (Å²) >= 11 is 0. The summed E-state index contributed by atoms with van der Waals surface area (Å²) < 4.78 is 0. The van der Waals surface area contributed by atoms with Crippen molar-refractivity contribution in [2.24, 2.45) is 17.3 Å². The molecule has 0 aliphatic carbocycles. The minimum absolute atomic E-state index is 0.492. The van der Waals surface area contributed by atoms with Gasteiger partial charge in [-0.15, -0.1) is 0 Å². The Hall–Kier alpha value is -0.0400. The summed E-state index contributed by atoms with van der Waals surface area (Å²) in [5, 5.41) is 3.46. The van der Waals surface area contributed by atoms with Gasteiger partial charge in [0.2, 0.25) is 0 Å². The molecule has 1 heterocycles. The van der Waals surface area contributed by atoms with E-state index in [1.165, 1.54) is 25.9 Å². The first kappa shape index (κ1) is 10.0. The standard InChI is InChI=1S/C11H23N/c1-5-10(11(2,3)4)9-6-7-12-8-9/h9-10,12H,5-8H2,1-4H3/t9?,10-/m0/s1. The average Bonchev–Trinajstić information content (AvgIpc) is 2.38. The van der Waals surface area contributed by atoms with Crippen LogP contribution in [0.1, 0.15) is 40.5 Å². The van der Waals surface area contributed by atoms with E-state index in [0.29, 0.717) is 5.41 Å². The van der Waals surface area contributed by atoms with Crippen LogP contribution in [0.4, 0.5) is 0 Å². The molecule has 72 valence electrons. The molecule has 0 bridgehead atoms. The molecule has 1 N–H and O–H groups in total. The molecule has 0 aromatic heterocycles. The zero-order chi connectivity index (χ0) is 9.19. The third-order valence-corrected chi connectivity index (χ3v) is 3.22. The molecule has 1 unspecified atom stereocenters. The van der Waals surface area contributed by atoms with Crippen LogP contribution in [0.25, 0.3) is 0 Å². The summed E-state index contributed by atoms with van der Waals surface area (Å²) in [6.07, 6.45) is 2.71. The number of hydrogen-bond acceptors (Lipinski definition) is 1. The summed E-state index contributed by atoms with van der Waals surface area (Å²) in [4.78, 5) is 0. The van der Waals surface area contributed by atoms with Gasteiger partial charge in [0, 0.05) is 0 Å². The van der Waals surface area contributed by atoms with Crippen molar-refractivity contribution in [3.8, 4) is 0 Å². The Balaban J connectivity index is 2.54. The van der Waals surface area contributed by atoms with E-state index < -0.39 is 0 Å². The van der Waals surface area contributed by atoms with Gasteiger partial charge in [-0.3, -0.25) is 0 Å². The molecule has 0 aromatic carbocycles. The first-order chi connectivity index (χ1) is 5.55. The molecule has 1 nitrogen and oxygen atoms in total. The van der Waals surface area contributed by atoms with Crippen LogP contribution < -0.4 is 5.32 Å². The van der Waals surface area contributed by atoms with Crippen molar-refractivity contribution >= 4 is 0 Å². The molecule has 1 rings (SSSR count). The second kappa shape index (κ2) is 3.78. The summed E-state index contributed by atoms with van der Waals surface area (Å²) in [7, 11) is 0. The van der Waals surface area contributed by atoms with Crippen molar-refractivity contribution < 1.29 is 0 Å². The second-order valence-electron chi connectivity index (χ2n) is 5.13. The van der Waals surface area contributed by atoms with E-state index in [2.05, 4.69) is 33.0 Å². The summed E-state index contributed by atoms with van der Waals surface area (Å²) in [5.41, 5.74) is 0.492. The van der Waals surface area contributed by atoms with Gasteiger partial charge in [-0.2, -0.15) is 0 Å². The largest absolute Gasteiger partial charge is 0.316 e. The van der Waals surface area contributed by atoms with Gasteiger partial charge in [-0.05, 0) is 36.8 Å². The van der Waals surface area contributed by atoms with Gasteiger partial charge in [0.1, 0.15) is 0 Å². The fourth-order valence-corrected chi connectivity index (χ4v) is 2.67. The maximum Gasteiger partial charge on any atom is -0.00172 e. The lowest BCUT2D eigenvalue weighted by atomic mass is 9.71. The topological polar surface area (TPSA) is 12.0 Å². The summed E-state index contributed by atoms with van der Waals surface area (Å²) in [6, 6.07) is 0. The van der Waals surface area contributed by atoms with Crippen molar-refractivity contribution in [3.63, 3.8) is 0 Å². The Morgan fingerprint density at radius 1 is 1.42 bits per heavy atom. The van der Waals surface area contributed by atoms with Crippen molar-refractivity contribution in [2.75, 3.05) is 13.1 Å². The van der Waals surface area contributed by atoms with E-state index in [1.54, 1.807) is 0 Å².